The van der Waals surface area contributed by atoms with Crippen molar-refractivity contribution in [3.63, 3.8) is 0 Å². The summed E-state index contributed by atoms with van der Waals surface area (Å²) in [6.45, 7) is 2.14. The number of ether oxygens (including phenoxy) is 3. The molecular formula is C10H23ClNO3Si. The first-order valence-electron chi connectivity index (χ1n) is 5.12. The molecule has 0 heterocycles. The normalized spacial score (nSPS) is 14.4. The van der Waals surface area contributed by atoms with Gasteiger partial charge in [-0.3, -0.25) is 18.7 Å². The fraction of sp³-hybridized carbons (Fsp3) is 1.00. The van der Waals surface area contributed by atoms with Gasteiger partial charge in [-0.1, -0.05) is 13.3 Å². The summed E-state index contributed by atoms with van der Waals surface area (Å²) in [5, 5.41) is 0. The molecule has 1 unspecified atom stereocenters. The molecule has 0 bridgehead atoms. The molecule has 0 aliphatic carbocycles. The highest BCUT2D eigenvalue weighted by molar-refractivity contribution is 6.10. The maximum Gasteiger partial charge on any atom is 0.448 e. The molecule has 16 heavy (non-hydrogen) atoms. The van der Waals surface area contributed by atoms with Crippen LogP contribution < -0.4 is 12.4 Å². The number of methoxy groups -OCH3 is 3. The van der Waals surface area contributed by atoms with E-state index in [9.17, 15) is 0 Å². The molecule has 0 saturated carbocycles. The van der Waals surface area contributed by atoms with E-state index in [1.165, 1.54) is 0 Å². The summed E-state index contributed by atoms with van der Waals surface area (Å²) in [5.41, 5.74) is 0.204. The first kappa shape index (κ1) is 18.7. The Morgan fingerprint density at radius 2 is 1.50 bits per heavy atom. The lowest BCUT2D eigenvalue weighted by molar-refractivity contribution is -1.03. The molecule has 1 atom stereocenters. The minimum absolute atomic E-state index is 0. The second kappa shape index (κ2) is 7.63. The number of hydrogen-bond acceptors (Lipinski definition) is 3. The van der Waals surface area contributed by atoms with Crippen molar-refractivity contribution in [1.82, 2.24) is 0 Å². The van der Waals surface area contributed by atoms with Crippen LogP contribution in [0.2, 0.25) is 0 Å². The maximum atomic E-state index is 5.37. The van der Waals surface area contributed by atoms with Gasteiger partial charge in [-0.25, -0.2) is 0 Å². The minimum Gasteiger partial charge on any atom is -1.00 e. The van der Waals surface area contributed by atoms with Gasteiger partial charge in [-0.2, -0.15) is 0 Å². The van der Waals surface area contributed by atoms with E-state index in [0.717, 1.165) is 12.8 Å². The molecule has 0 aromatic heterocycles. The van der Waals surface area contributed by atoms with Crippen LogP contribution in [0.5, 0.6) is 0 Å². The highest BCUT2D eigenvalue weighted by Gasteiger charge is 2.51. The quantitative estimate of drug-likeness (QED) is 0.301. The zero-order valence-corrected chi connectivity index (χ0v) is 12.8. The van der Waals surface area contributed by atoms with Crippen LogP contribution in [0.15, 0.2) is 0 Å². The molecular weight excluding hydrogens is 246 g/mol. The van der Waals surface area contributed by atoms with Gasteiger partial charge in [-0.15, -0.1) is 0 Å². The zero-order valence-electron chi connectivity index (χ0n) is 11.0. The summed E-state index contributed by atoms with van der Waals surface area (Å²) in [6.07, 6.45) is 1.03. The van der Waals surface area contributed by atoms with Crippen LogP contribution >= 0.6 is 0 Å². The van der Waals surface area contributed by atoms with Crippen LogP contribution in [0.25, 0.3) is 0 Å². The Labute approximate surface area is 109 Å². The van der Waals surface area contributed by atoms with Gasteiger partial charge in [-0.05, 0) is 6.42 Å². The van der Waals surface area contributed by atoms with Gasteiger partial charge in [0, 0.05) is 21.3 Å². The minimum atomic E-state index is -1.07. The molecule has 0 spiro atoms. The van der Waals surface area contributed by atoms with Crippen LogP contribution in [0.1, 0.15) is 19.8 Å². The second-order valence-corrected chi connectivity index (χ2v) is 4.65. The van der Waals surface area contributed by atoms with Gasteiger partial charge >= 0.3 is 6.10 Å². The molecule has 4 nitrogen and oxygen atoms in total. The highest BCUT2D eigenvalue weighted by atomic mass is 35.5. The molecule has 0 saturated heterocycles. The summed E-state index contributed by atoms with van der Waals surface area (Å²) in [7, 11) is 12.5. The summed E-state index contributed by atoms with van der Waals surface area (Å²) >= 11 is 0. The summed E-state index contributed by atoms with van der Waals surface area (Å²) in [4.78, 5) is 0. The molecule has 0 aromatic rings. The first-order chi connectivity index (χ1) is 6.91. The summed E-state index contributed by atoms with van der Waals surface area (Å²) < 4.78 is 16.5. The van der Waals surface area contributed by atoms with Gasteiger partial charge in [0.25, 0.3) is 0 Å². The second-order valence-electron chi connectivity index (χ2n) is 3.98. The van der Waals surface area contributed by atoms with E-state index >= 15 is 0 Å². The highest BCUT2D eigenvalue weighted by Crippen LogP contribution is 2.27. The van der Waals surface area contributed by atoms with Gasteiger partial charge in [0.1, 0.15) is 10.2 Å². The topological polar surface area (TPSA) is 27.7 Å². The van der Waals surface area contributed by atoms with Gasteiger partial charge < -0.3 is 12.4 Å². The predicted molar refractivity (Wildman–Crippen MR) is 60.3 cm³/mol. The van der Waals surface area contributed by atoms with Crippen molar-refractivity contribution in [2.75, 3.05) is 35.4 Å². The van der Waals surface area contributed by atoms with Crippen molar-refractivity contribution >= 4 is 10.2 Å². The van der Waals surface area contributed by atoms with E-state index < -0.39 is 6.10 Å². The Morgan fingerprint density at radius 3 is 1.75 bits per heavy atom. The van der Waals surface area contributed by atoms with Crippen molar-refractivity contribution in [3.05, 3.63) is 0 Å². The summed E-state index contributed by atoms with van der Waals surface area (Å²) in [5.74, 6) is 0. The molecule has 0 fully saturated rings. The van der Waals surface area contributed by atoms with Crippen molar-refractivity contribution in [3.8, 4) is 0 Å². The zero-order chi connectivity index (χ0) is 12.1. The van der Waals surface area contributed by atoms with Crippen molar-refractivity contribution in [2.45, 2.75) is 31.5 Å². The van der Waals surface area contributed by atoms with E-state index in [0.29, 0.717) is 4.48 Å². The molecule has 6 heteroatoms. The van der Waals surface area contributed by atoms with Crippen molar-refractivity contribution in [1.29, 1.82) is 0 Å². The third-order valence-corrected chi connectivity index (χ3v) is 3.76. The first-order valence-corrected chi connectivity index (χ1v) is 5.69. The number of quaternary nitrogens is 1. The Balaban J connectivity index is 0. The van der Waals surface area contributed by atoms with E-state index in [2.05, 4.69) is 17.2 Å². The Hall–Kier alpha value is 0.347. The molecule has 0 amide bonds. The standard InChI is InChI=1S/C10H23NO3Si.ClH/c1-7-8-9(15)11(2,3)10(12-4,13-5)14-6;/h9H,7-8H2,1-6H3;1H/q+1;/p-1. The van der Waals surface area contributed by atoms with E-state index in [1.54, 1.807) is 21.3 Å². The van der Waals surface area contributed by atoms with Crippen LogP contribution in [0.3, 0.4) is 0 Å². The third-order valence-electron chi connectivity index (χ3n) is 2.82. The smallest absolute Gasteiger partial charge is 0.448 e. The predicted octanol–water partition coefficient (Wildman–Crippen LogP) is -2.09. The largest absolute Gasteiger partial charge is 1.00 e. The van der Waals surface area contributed by atoms with Gasteiger partial charge in [0.05, 0.1) is 19.8 Å². The molecule has 0 aliphatic rings. The number of nitrogens with zero attached hydrogens (tertiary/aromatic N) is 1. The lowest BCUT2D eigenvalue weighted by Crippen LogP contribution is -3.00. The van der Waals surface area contributed by atoms with Gasteiger partial charge in [0.2, 0.25) is 0 Å². The Bertz CT molecular complexity index is 181. The fourth-order valence-corrected chi connectivity index (χ4v) is 2.19. The number of halogens is 1. The van der Waals surface area contributed by atoms with Crippen LogP contribution in [-0.4, -0.2) is 61.9 Å². The monoisotopic (exact) mass is 268 g/mol. The average molecular weight is 269 g/mol. The lowest BCUT2D eigenvalue weighted by Gasteiger charge is -2.46. The van der Waals surface area contributed by atoms with E-state index in [-0.39, 0.29) is 18.1 Å². The number of hydrogen-bond donors (Lipinski definition) is 0. The third kappa shape index (κ3) is 3.42. The van der Waals surface area contributed by atoms with Crippen LogP contribution in [-0.2, 0) is 14.2 Å². The number of rotatable bonds is 7. The molecule has 0 aliphatic heterocycles. The fourth-order valence-electron chi connectivity index (χ4n) is 1.74. The van der Waals surface area contributed by atoms with Crippen LogP contribution in [0, 0.1) is 0 Å². The van der Waals surface area contributed by atoms with E-state index in [4.69, 9.17) is 14.2 Å². The Kier molecular flexibility index (Phi) is 8.92. The SMILES string of the molecule is CCCC([Si])[N+](C)(C)C(OC)(OC)OC.[Cl-]. The van der Waals surface area contributed by atoms with Crippen molar-refractivity contribution < 1.29 is 31.1 Å². The molecule has 3 radical (unpaired) electrons. The molecule has 0 rings (SSSR count). The van der Waals surface area contributed by atoms with E-state index in [1.807, 2.05) is 14.1 Å². The maximum absolute atomic E-state index is 5.37. The van der Waals surface area contributed by atoms with Crippen LogP contribution in [0.4, 0.5) is 0 Å². The molecule has 0 N–H and O–H groups in total. The van der Waals surface area contributed by atoms with Crippen molar-refractivity contribution in [2.24, 2.45) is 0 Å². The lowest BCUT2D eigenvalue weighted by atomic mass is 10.3. The molecule has 97 valence electrons. The molecule has 0 aromatic carbocycles. The average Bonchev–Trinajstić information content (AvgIpc) is 2.21. The Morgan fingerprint density at radius 1 is 1.12 bits per heavy atom. The van der Waals surface area contributed by atoms with Gasteiger partial charge in [0.15, 0.2) is 0 Å². The summed E-state index contributed by atoms with van der Waals surface area (Å²) in [6, 6.07) is 0.